The molecule has 156 valence electrons. The minimum absolute atomic E-state index is 0.335. The molecule has 1 amide bonds. The van der Waals surface area contributed by atoms with Crippen molar-refractivity contribution in [1.29, 1.82) is 0 Å². The summed E-state index contributed by atoms with van der Waals surface area (Å²) < 4.78 is 12.9. The Balaban J connectivity index is 1.89. The van der Waals surface area contributed by atoms with Crippen LogP contribution in [0.1, 0.15) is 18.1 Å². The Morgan fingerprint density at radius 3 is 2.27 bits per heavy atom. The van der Waals surface area contributed by atoms with E-state index >= 15 is 0 Å². The molecule has 5 nitrogen and oxygen atoms in total. The van der Waals surface area contributed by atoms with Crippen LogP contribution in [0.5, 0.6) is 11.5 Å². The van der Waals surface area contributed by atoms with Crippen LogP contribution < -0.4 is 9.47 Å². The van der Waals surface area contributed by atoms with Gasteiger partial charge in [-0.05, 0) is 40.5 Å². The average Bonchev–Trinajstić information content (AvgIpc) is 2.79. The van der Waals surface area contributed by atoms with Crippen molar-refractivity contribution in [3.05, 3.63) is 94.5 Å². The summed E-state index contributed by atoms with van der Waals surface area (Å²) in [6.45, 7) is 2.16. The van der Waals surface area contributed by atoms with Crippen molar-refractivity contribution in [2.24, 2.45) is 0 Å². The van der Waals surface area contributed by atoms with Gasteiger partial charge in [-0.2, -0.15) is 0 Å². The quantitative estimate of drug-likeness (QED) is 0.417. The maximum absolute atomic E-state index is 13.1. The van der Waals surface area contributed by atoms with Crippen molar-refractivity contribution in [3.63, 3.8) is 0 Å². The summed E-state index contributed by atoms with van der Waals surface area (Å²) in [6, 6.07) is 24.7. The number of ether oxygens (including phenoxy) is 2. The minimum Gasteiger partial charge on any atom is -0.489 e. The van der Waals surface area contributed by atoms with Crippen LogP contribution in [0.15, 0.2) is 83.3 Å². The van der Waals surface area contributed by atoms with Gasteiger partial charge in [0.05, 0.1) is 11.6 Å². The van der Waals surface area contributed by atoms with Crippen LogP contribution in [-0.2, 0) is 21.8 Å². The Morgan fingerprint density at radius 2 is 1.63 bits per heavy atom. The number of amides is 1. The first-order valence-electron chi connectivity index (χ1n) is 9.47. The molecule has 0 aliphatic carbocycles. The number of hydrogen-bond acceptors (Lipinski definition) is 4. The van der Waals surface area contributed by atoms with E-state index < -0.39 is 5.60 Å². The molecule has 0 bridgehead atoms. The number of benzene rings is 3. The van der Waals surface area contributed by atoms with E-state index in [1.807, 2.05) is 72.8 Å². The topological polar surface area (TPSA) is 48.0 Å². The first-order valence-corrected chi connectivity index (χ1v) is 10.3. The van der Waals surface area contributed by atoms with Gasteiger partial charge in [-0.1, -0.05) is 60.7 Å². The van der Waals surface area contributed by atoms with Gasteiger partial charge in [0.25, 0.3) is 5.91 Å². The van der Waals surface area contributed by atoms with Crippen molar-refractivity contribution < 1.29 is 19.1 Å². The standard InChI is InChI=1S/C24H24BrNO4/c1-24(23(27)26(2)28-3,19-12-8-5-9-13-19)30-22-16-20(14-15-21(22)25)29-17-18-10-6-4-7-11-18/h4-16H,17H2,1-3H3. The predicted octanol–water partition coefficient (Wildman–Crippen LogP) is 5.34. The smallest absolute Gasteiger partial charge is 0.294 e. The molecule has 0 heterocycles. The predicted molar refractivity (Wildman–Crippen MR) is 119 cm³/mol. The van der Waals surface area contributed by atoms with Crippen LogP contribution in [0.2, 0.25) is 0 Å². The Bertz CT molecular complexity index is 981. The van der Waals surface area contributed by atoms with E-state index in [4.69, 9.17) is 14.3 Å². The van der Waals surface area contributed by atoms with E-state index in [1.165, 1.54) is 7.11 Å². The first kappa shape index (κ1) is 21.9. The maximum atomic E-state index is 13.1. The molecule has 0 saturated carbocycles. The Labute approximate surface area is 185 Å². The summed E-state index contributed by atoms with van der Waals surface area (Å²) >= 11 is 3.52. The zero-order valence-corrected chi connectivity index (χ0v) is 18.8. The highest BCUT2D eigenvalue weighted by atomic mass is 79.9. The van der Waals surface area contributed by atoms with Crippen molar-refractivity contribution >= 4 is 21.8 Å². The number of carbonyl (C=O) groups excluding carboxylic acids is 1. The van der Waals surface area contributed by atoms with Gasteiger partial charge in [0.2, 0.25) is 5.60 Å². The van der Waals surface area contributed by atoms with Crippen LogP contribution in [0.3, 0.4) is 0 Å². The lowest BCUT2D eigenvalue weighted by Gasteiger charge is -2.33. The third-order valence-electron chi connectivity index (χ3n) is 4.76. The first-order chi connectivity index (χ1) is 14.4. The van der Waals surface area contributed by atoms with E-state index in [9.17, 15) is 4.79 Å². The zero-order valence-electron chi connectivity index (χ0n) is 17.2. The number of rotatable bonds is 8. The number of carbonyl (C=O) groups is 1. The Morgan fingerprint density at radius 1 is 1.00 bits per heavy atom. The van der Waals surface area contributed by atoms with Gasteiger partial charge in [0.15, 0.2) is 0 Å². The van der Waals surface area contributed by atoms with E-state index in [2.05, 4.69) is 15.9 Å². The highest BCUT2D eigenvalue weighted by Gasteiger charge is 2.41. The molecule has 0 saturated heterocycles. The molecule has 0 radical (unpaired) electrons. The van der Waals surface area contributed by atoms with Crippen LogP contribution in [0, 0.1) is 0 Å². The average molecular weight is 470 g/mol. The second-order valence-corrected chi connectivity index (χ2v) is 7.71. The highest BCUT2D eigenvalue weighted by molar-refractivity contribution is 9.10. The molecular formula is C24H24BrNO4. The van der Waals surface area contributed by atoms with Crippen LogP contribution >= 0.6 is 15.9 Å². The summed E-state index contributed by atoms with van der Waals surface area (Å²) in [4.78, 5) is 18.3. The summed E-state index contributed by atoms with van der Waals surface area (Å²) in [5.41, 5.74) is 0.474. The summed E-state index contributed by atoms with van der Waals surface area (Å²) in [5, 5.41) is 1.16. The fourth-order valence-corrected chi connectivity index (χ4v) is 3.31. The SMILES string of the molecule is CON(C)C(=O)C(C)(Oc1cc(OCc2ccccc2)ccc1Br)c1ccccc1. The molecule has 3 aromatic carbocycles. The van der Waals surface area contributed by atoms with Crippen molar-refractivity contribution in [2.75, 3.05) is 14.2 Å². The molecule has 0 aliphatic heterocycles. The van der Waals surface area contributed by atoms with E-state index in [0.29, 0.717) is 28.1 Å². The van der Waals surface area contributed by atoms with Gasteiger partial charge in [0.1, 0.15) is 18.1 Å². The third kappa shape index (κ3) is 5.01. The van der Waals surface area contributed by atoms with E-state index in [1.54, 1.807) is 20.0 Å². The van der Waals surface area contributed by atoms with Crippen molar-refractivity contribution in [1.82, 2.24) is 5.06 Å². The highest BCUT2D eigenvalue weighted by Crippen LogP contribution is 2.36. The summed E-state index contributed by atoms with van der Waals surface area (Å²) in [7, 11) is 3.00. The molecule has 0 N–H and O–H groups in total. The van der Waals surface area contributed by atoms with Gasteiger partial charge in [0, 0.05) is 18.7 Å². The molecule has 3 rings (SSSR count). The number of likely N-dealkylation sites (N-methyl/N-ethyl adjacent to an activating group) is 1. The van der Waals surface area contributed by atoms with Gasteiger partial charge >= 0.3 is 0 Å². The summed E-state index contributed by atoms with van der Waals surface area (Å²) in [6.07, 6.45) is 0. The summed E-state index contributed by atoms with van der Waals surface area (Å²) in [5.74, 6) is 0.795. The van der Waals surface area contributed by atoms with Gasteiger partial charge in [-0.15, -0.1) is 0 Å². The monoisotopic (exact) mass is 469 g/mol. The molecule has 1 atom stereocenters. The maximum Gasteiger partial charge on any atom is 0.294 e. The van der Waals surface area contributed by atoms with Crippen molar-refractivity contribution in [2.45, 2.75) is 19.1 Å². The van der Waals surface area contributed by atoms with Gasteiger partial charge in [-0.25, -0.2) is 5.06 Å². The molecule has 0 aliphatic rings. The lowest BCUT2D eigenvalue weighted by Crippen LogP contribution is -2.47. The molecule has 30 heavy (non-hydrogen) atoms. The molecule has 0 fully saturated rings. The lowest BCUT2D eigenvalue weighted by atomic mass is 9.94. The Hall–Kier alpha value is -2.83. The van der Waals surface area contributed by atoms with Crippen LogP contribution in [0.25, 0.3) is 0 Å². The Kier molecular flexibility index (Phi) is 7.13. The van der Waals surface area contributed by atoms with Gasteiger partial charge in [-0.3, -0.25) is 9.63 Å². The van der Waals surface area contributed by atoms with E-state index in [-0.39, 0.29) is 5.91 Å². The normalized spacial score (nSPS) is 12.7. The molecule has 1 unspecified atom stereocenters. The molecular weight excluding hydrogens is 446 g/mol. The third-order valence-corrected chi connectivity index (χ3v) is 5.41. The number of nitrogens with zero attached hydrogens (tertiary/aromatic N) is 1. The number of halogens is 1. The minimum atomic E-state index is -1.30. The zero-order chi connectivity index (χ0) is 21.6. The second kappa shape index (κ2) is 9.78. The number of hydroxylamine groups is 2. The molecule has 6 heteroatoms. The van der Waals surface area contributed by atoms with E-state index in [0.717, 1.165) is 10.6 Å². The molecule has 0 aromatic heterocycles. The second-order valence-electron chi connectivity index (χ2n) is 6.85. The van der Waals surface area contributed by atoms with Crippen molar-refractivity contribution in [3.8, 4) is 11.5 Å². The van der Waals surface area contributed by atoms with Gasteiger partial charge < -0.3 is 9.47 Å². The lowest BCUT2D eigenvalue weighted by molar-refractivity contribution is -0.185. The largest absolute Gasteiger partial charge is 0.489 e. The van der Waals surface area contributed by atoms with Crippen LogP contribution in [0.4, 0.5) is 0 Å². The molecule has 3 aromatic rings. The molecule has 0 spiro atoms. The van der Waals surface area contributed by atoms with Crippen LogP contribution in [-0.4, -0.2) is 25.1 Å². The number of hydrogen-bond donors (Lipinski definition) is 0. The fraction of sp³-hybridized carbons (Fsp3) is 0.208. The fourth-order valence-electron chi connectivity index (χ4n) is 2.98.